The summed E-state index contributed by atoms with van der Waals surface area (Å²) in [6.45, 7) is 3.83. The Morgan fingerprint density at radius 3 is 1.89 bits per heavy atom. The molecule has 0 bridgehead atoms. The molecular weight excluding hydrogens is 241 g/mol. The molecule has 1 aromatic carbocycles. The second-order valence-electron chi connectivity index (χ2n) is 4.45. The fourth-order valence-electron chi connectivity index (χ4n) is 2.17. The van der Waals surface area contributed by atoms with Gasteiger partial charge in [-0.1, -0.05) is 32.4 Å². The Morgan fingerprint density at radius 2 is 1.56 bits per heavy atom. The fourth-order valence-corrected chi connectivity index (χ4v) is 2.17. The molecule has 0 saturated heterocycles. The third kappa shape index (κ3) is 2.92. The molecule has 4 heteroatoms. The molecule has 1 nitrogen and oxygen atoms in total. The second kappa shape index (κ2) is 5.55. The first kappa shape index (κ1) is 14.7. The molecule has 100 valence electrons. The molecule has 18 heavy (non-hydrogen) atoms. The van der Waals surface area contributed by atoms with Crippen LogP contribution in [0.25, 0.3) is 0 Å². The van der Waals surface area contributed by atoms with Crippen molar-refractivity contribution in [2.45, 2.75) is 44.7 Å². The molecule has 0 aliphatic heterocycles. The Bertz CT molecular complexity index is 394. The van der Waals surface area contributed by atoms with Gasteiger partial charge in [0.25, 0.3) is 0 Å². The van der Waals surface area contributed by atoms with Gasteiger partial charge in [-0.2, -0.15) is 13.2 Å². The van der Waals surface area contributed by atoms with Crippen molar-refractivity contribution in [3.63, 3.8) is 0 Å². The normalized spacial score (nSPS) is 15.2. The van der Waals surface area contributed by atoms with Crippen LogP contribution in [0, 0.1) is 0 Å². The summed E-state index contributed by atoms with van der Waals surface area (Å²) >= 11 is 0. The van der Waals surface area contributed by atoms with Crippen LogP contribution >= 0.6 is 0 Å². The van der Waals surface area contributed by atoms with Crippen LogP contribution < -0.4 is 0 Å². The Balaban J connectivity index is 3.12. The number of halogens is 3. The minimum absolute atomic E-state index is 0.593. The lowest BCUT2D eigenvalue weighted by molar-refractivity contribution is -0.137. The molecule has 0 spiro atoms. The van der Waals surface area contributed by atoms with E-state index in [9.17, 15) is 18.0 Å². The van der Waals surface area contributed by atoms with Crippen LogP contribution in [0.15, 0.2) is 24.3 Å². The van der Waals surface area contributed by atoms with Gasteiger partial charge in [-0.25, -0.2) is 0 Å². The maximum atomic E-state index is 12.5. The molecule has 0 N–H and O–H groups in total. The summed E-state index contributed by atoms with van der Waals surface area (Å²) in [5.74, 6) is 0. The number of carbonyl (C=O) groups is 1. The van der Waals surface area contributed by atoms with Gasteiger partial charge in [-0.3, -0.25) is 0 Å². The highest BCUT2D eigenvalue weighted by atomic mass is 19.4. The van der Waals surface area contributed by atoms with Crippen molar-refractivity contribution in [3.05, 3.63) is 35.4 Å². The summed E-state index contributed by atoms with van der Waals surface area (Å²) in [6.07, 6.45) is -1.42. The van der Waals surface area contributed by atoms with Crippen LogP contribution in [0.2, 0.25) is 0 Å². The Labute approximate surface area is 105 Å². The number of aldehydes is 1. The first-order valence-corrected chi connectivity index (χ1v) is 6.03. The van der Waals surface area contributed by atoms with E-state index >= 15 is 0 Å². The Hall–Kier alpha value is -1.32. The van der Waals surface area contributed by atoms with Crippen LogP contribution in [-0.4, -0.2) is 6.29 Å². The number of hydrogen-bond acceptors (Lipinski definition) is 1. The summed E-state index contributed by atoms with van der Waals surface area (Å²) in [5.41, 5.74) is -0.674. The van der Waals surface area contributed by atoms with Gasteiger partial charge in [0, 0.05) is 0 Å². The van der Waals surface area contributed by atoms with E-state index in [1.807, 2.05) is 13.8 Å². The van der Waals surface area contributed by atoms with Gasteiger partial charge in [0.15, 0.2) is 0 Å². The fraction of sp³-hybridized carbons (Fsp3) is 0.500. The SMILES string of the molecule is CCCC(C=O)(CC)c1ccc(C(F)(F)F)cc1. The van der Waals surface area contributed by atoms with E-state index in [1.165, 1.54) is 12.1 Å². The minimum atomic E-state index is -4.33. The topological polar surface area (TPSA) is 17.1 Å². The summed E-state index contributed by atoms with van der Waals surface area (Å²) in [7, 11) is 0. The third-order valence-electron chi connectivity index (χ3n) is 3.34. The summed E-state index contributed by atoms with van der Waals surface area (Å²) < 4.78 is 37.4. The zero-order chi connectivity index (χ0) is 13.8. The van der Waals surface area contributed by atoms with Crippen LogP contribution in [0.4, 0.5) is 13.2 Å². The first-order chi connectivity index (χ1) is 8.39. The van der Waals surface area contributed by atoms with E-state index in [1.54, 1.807) is 0 Å². The Morgan fingerprint density at radius 1 is 1.06 bits per heavy atom. The van der Waals surface area contributed by atoms with E-state index in [4.69, 9.17) is 0 Å². The van der Waals surface area contributed by atoms with Crippen molar-refractivity contribution in [3.8, 4) is 0 Å². The zero-order valence-corrected chi connectivity index (χ0v) is 10.6. The molecule has 0 radical (unpaired) electrons. The molecule has 1 atom stereocenters. The maximum Gasteiger partial charge on any atom is 0.416 e. The van der Waals surface area contributed by atoms with E-state index in [-0.39, 0.29) is 0 Å². The molecule has 0 saturated carbocycles. The van der Waals surface area contributed by atoms with E-state index < -0.39 is 17.2 Å². The van der Waals surface area contributed by atoms with Crippen molar-refractivity contribution in [1.82, 2.24) is 0 Å². The van der Waals surface area contributed by atoms with Crippen LogP contribution in [0.3, 0.4) is 0 Å². The second-order valence-corrected chi connectivity index (χ2v) is 4.45. The van der Waals surface area contributed by atoms with Crippen molar-refractivity contribution in [1.29, 1.82) is 0 Å². The van der Waals surface area contributed by atoms with Gasteiger partial charge in [0.05, 0.1) is 11.0 Å². The number of carbonyl (C=O) groups excluding carboxylic acids is 1. The highest BCUT2D eigenvalue weighted by Crippen LogP contribution is 2.34. The molecule has 0 aliphatic carbocycles. The van der Waals surface area contributed by atoms with Gasteiger partial charge in [-0.15, -0.1) is 0 Å². The molecule has 0 amide bonds. The lowest BCUT2D eigenvalue weighted by Gasteiger charge is -2.27. The summed E-state index contributed by atoms with van der Waals surface area (Å²) in [4.78, 5) is 11.3. The number of hydrogen-bond donors (Lipinski definition) is 0. The number of rotatable bonds is 5. The van der Waals surface area contributed by atoms with E-state index in [0.29, 0.717) is 18.4 Å². The van der Waals surface area contributed by atoms with Gasteiger partial charge in [0.1, 0.15) is 6.29 Å². The number of alkyl halides is 3. The van der Waals surface area contributed by atoms with E-state index in [2.05, 4.69) is 0 Å². The third-order valence-corrected chi connectivity index (χ3v) is 3.34. The molecule has 1 unspecified atom stereocenters. The lowest BCUT2D eigenvalue weighted by atomic mass is 9.76. The first-order valence-electron chi connectivity index (χ1n) is 6.03. The van der Waals surface area contributed by atoms with E-state index in [0.717, 1.165) is 24.8 Å². The molecule has 0 heterocycles. The predicted octanol–water partition coefficient (Wildman–Crippen LogP) is 4.35. The predicted molar refractivity (Wildman–Crippen MR) is 64.4 cm³/mol. The smallest absolute Gasteiger partial charge is 0.302 e. The van der Waals surface area contributed by atoms with Crippen LogP contribution in [-0.2, 0) is 16.4 Å². The molecule has 0 aromatic heterocycles. The van der Waals surface area contributed by atoms with Crippen molar-refractivity contribution >= 4 is 6.29 Å². The quantitative estimate of drug-likeness (QED) is 0.717. The van der Waals surface area contributed by atoms with Crippen molar-refractivity contribution in [2.75, 3.05) is 0 Å². The van der Waals surface area contributed by atoms with Gasteiger partial charge < -0.3 is 4.79 Å². The summed E-state index contributed by atoms with van der Waals surface area (Å²) in [5, 5.41) is 0. The summed E-state index contributed by atoms with van der Waals surface area (Å²) in [6, 6.07) is 4.91. The van der Waals surface area contributed by atoms with Crippen molar-refractivity contribution < 1.29 is 18.0 Å². The molecule has 1 rings (SSSR count). The average molecular weight is 258 g/mol. The van der Waals surface area contributed by atoms with Crippen LogP contribution in [0.5, 0.6) is 0 Å². The Kier molecular flexibility index (Phi) is 4.54. The molecule has 0 fully saturated rings. The average Bonchev–Trinajstić information content (AvgIpc) is 2.35. The standard InChI is InChI=1S/C14H17F3O/c1-3-9-13(4-2,10-18)11-5-7-12(8-6-11)14(15,16)17/h5-8,10H,3-4,9H2,1-2H3. The van der Waals surface area contributed by atoms with Gasteiger partial charge >= 0.3 is 6.18 Å². The van der Waals surface area contributed by atoms with Crippen molar-refractivity contribution in [2.24, 2.45) is 0 Å². The van der Waals surface area contributed by atoms with Gasteiger partial charge in [-0.05, 0) is 30.5 Å². The zero-order valence-electron chi connectivity index (χ0n) is 10.6. The highest BCUT2D eigenvalue weighted by molar-refractivity contribution is 5.68. The van der Waals surface area contributed by atoms with Gasteiger partial charge in [0.2, 0.25) is 0 Å². The van der Waals surface area contributed by atoms with Crippen LogP contribution in [0.1, 0.15) is 44.2 Å². The monoisotopic (exact) mass is 258 g/mol. The molecule has 1 aromatic rings. The maximum absolute atomic E-state index is 12.5. The molecule has 0 aliphatic rings. The number of benzene rings is 1. The molecular formula is C14H17F3O. The lowest BCUT2D eigenvalue weighted by Crippen LogP contribution is -2.27. The highest BCUT2D eigenvalue weighted by Gasteiger charge is 2.33. The largest absolute Gasteiger partial charge is 0.416 e. The minimum Gasteiger partial charge on any atom is -0.302 e.